The van der Waals surface area contributed by atoms with Crippen LogP contribution < -0.4 is 0 Å². The van der Waals surface area contributed by atoms with Crippen LogP contribution in [0.1, 0.15) is 46.5 Å². The van der Waals surface area contributed by atoms with Gasteiger partial charge in [-0.1, -0.05) is 20.8 Å². The molecule has 1 atom stereocenters. The lowest BCUT2D eigenvalue weighted by Crippen LogP contribution is -2.51. The standard InChI is InChI=1S/C16H29NO3/c1-16(2,3)13-6-4-12(5-7-13)10-17-8-9-20-11-14(17)15(18)19/h12-14H,4-11H2,1-3H3,(H,18,19). The van der Waals surface area contributed by atoms with Gasteiger partial charge in [-0.15, -0.1) is 0 Å². The summed E-state index contributed by atoms with van der Waals surface area (Å²) >= 11 is 0. The van der Waals surface area contributed by atoms with Crippen LogP contribution in [0.5, 0.6) is 0 Å². The van der Waals surface area contributed by atoms with E-state index in [9.17, 15) is 9.90 Å². The zero-order chi connectivity index (χ0) is 14.8. The molecule has 0 aromatic carbocycles. The SMILES string of the molecule is CC(C)(C)C1CCC(CN2CCOCC2C(=O)O)CC1. The summed E-state index contributed by atoms with van der Waals surface area (Å²) in [6.07, 6.45) is 5.06. The average molecular weight is 283 g/mol. The Morgan fingerprint density at radius 1 is 1.25 bits per heavy atom. The highest BCUT2D eigenvalue weighted by molar-refractivity contribution is 5.73. The van der Waals surface area contributed by atoms with Crippen molar-refractivity contribution >= 4 is 5.97 Å². The molecule has 2 aliphatic rings. The largest absolute Gasteiger partial charge is 0.480 e. The number of nitrogens with zero attached hydrogens (tertiary/aromatic N) is 1. The van der Waals surface area contributed by atoms with E-state index in [2.05, 4.69) is 25.7 Å². The molecule has 0 spiro atoms. The van der Waals surface area contributed by atoms with Gasteiger partial charge in [0.15, 0.2) is 0 Å². The van der Waals surface area contributed by atoms with Crippen molar-refractivity contribution in [2.45, 2.75) is 52.5 Å². The van der Waals surface area contributed by atoms with E-state index in [1.807, 2.05) is 0 Å². The Bertz CT molecular complexity index is 329. The van der Waals surface area contributed by atoms with Crippen LogP contribution in [-0.2, 0) is 9.53 Å². The van der Waals surface area contributed by atoms with Gasteiger partial charge in [0.2, 0.25) is 0 Å². The second-order valence-electron chi connectivity index (χ2n) is 7.51. The second kappa shape index (κ2) is 6.44. The minimum Gasteiger partial charge on any atom is -0.480 e. The molecule has 1 aliphatic heterocycles. The molecular weight excluding hydrogens is 254 g/mol. The van der Waals surface area contributed by atoms with Crippen LogP contribution >= 0.6 is 0 Å². The van der Waals surface area contributed by atoms with Crippen molar-refractivity contribution in [1.82, 2.24) is 4.90 Å². The summed E-state index contributed by atoms with van der Waals surface area (Å²) < 4.78 is 5.30. The van der Waals surface area contributed by atoms with Gasteiger partial charge < -0.3 is 9.84 Å². The molecule has 0 aromatic rings. The molecule has 1 saturated carbocycles. The van der Waals surface area contributed by atoms with Gasteiger partial charge in [0.05, 0.1) is 13.2 Å². The maximum absolute atomic E-state index is 11.3. The minimum atomic E-state index is -0.743. The Hall–Kier alpha value is -0.610. The number of hydrogen-bond donors (Lipinski definition) is 1. The van der Waals surface area contributed by atoms with Crippen LogP contribution in [0.15, 0.2) is 0 Å². The third-order valence-corrected chi connectivity index (χ3v) is 5.09. The van der Waals surface area contributed by atoms with E-state index >= 15 is 0 Å². The molecule has 0 radical (unpaired) electrons. The van der Waals surface area contributed by atoms with Crippen molar-refractivity contribution in [3.8, 4) is 0 Å². The van der Waals surface area contributed by atoms with Gasteiger partial charge in [0.25, 0.3) is 0 Å². The molecule has 1 saturated heterocycles. The number of carbonyl (C=O) groups is 1. The summed E-state index contributed by atoms with van der Waals surface area (Å²) in [4.78, 5) is 13.4. The highest BCUT2D eigenvalue weighted by Crippen LogP contribution is 2.40. The second-order valence-corrected chi connectivity index (χ2v) is 7.51. The number of morpholine rings is 1. The highest BCUT2D eigenvalue weighted by atomic mass is 16.5. The molecule has 1 heterocycles. The first-order chi connectivity index (χ1) is 9.38. The van der Waals surface area contributed by atoms with Crippen molar-refractivity contribution in [1.29, 1.82) is 0 Å². The monoisotopic (exact) mass is 283 g/mol. The van der Waals surface area contributed by atoms with E-state index in [1.54, 1.807) is 0 Å². The third kappa shape index (κ3) is 3.95. The van der Waals surface area contributed by atoms with Crippen LogP contribution in [0.2, 0.25) is 0 Å². The van der Waals surface area contributed by atoms with Crippen molar-refractivity contribution in [3.05, 3.63) is 0 Å². The van der Waals surface area contributed by atoms with Crippen LogP contribution in [-0.4, -0.2) is 48.3 Å². The summed E-state index contributed by atoms with van der Waals surface area (Å²) in [6.45, 7) is 9.70. The van der Waals surface area contributed by atoms with Crippen LogP contribution in [0, 0.1) is 17.3 Å². The molecule has 1 unspecified atom stereocenters. The fourth-order valence-electron chi connectivity index (χ4n) is 3.63. The van der Waals surface area contributed by atoms with Gasteiger partial charge in [-0.05, 0) is 42.9 Å². The summed E-state index contributed by atoms with van der Waals surface area (Å²) in [6, 6.07) is -0.441. The zero-order valence-corrected chi connectivity index (χ0v) is 13.1. The van der Waals surface area contributed by atoms with E-state index in [-0.39, 0.29) is 0 Å². The van der Waals surface area contributed by atoms with Crippen LogP contribution in [0.25, 0.3) is 0 Å². The first-order valence-corrected chi connectivity index (χ1v) is 7.92. The summed E-state index contributed by atoms with van der Waals surface area (Å²) in [5.41, 5.74) is 0.410. The molecule has 4 heteroatoms. The fraction of sp³-hybridized carbons (Fsp3) is 0.938. The molecule has 1 aliphatic carbocycles. The van der Waals surface area contributed by atoms with E-state index in [0.29, 0.717) is 24.5 Å². The Morgan fingerprint density at radius 3 is 2.45 bits per heavy atom. The first-order valence-electron chi connectivity index (χ1n) is 7.92. The smallest absolute Gasteiger partial charge is 0.323 e. The Kier molecular flexibility index (Phi) is 5.08. The summed E-state index contributed by atoms with van der Waals surface area (Å²) in [5, 5.41) is 9.27. The van der Waals surface area contributed by atoms with Crippen LogP contribution in [0.4, 0.5) is 0 Å². The van der Waals surface area contributed by atoms with Crippen molar-refractivity contribution in [3.63, 3.8) is 0 Å². The summed E-state index contributed by atoms with van der Waals surface area (Å²) in [7, 11) is 0. The molecule has 0 amide bonds. The zero-order valence-electron chi connectivity index (χ0n) is 13.1. The Balaban J connectivity index is 1.84. The van der Waals surface area contributed by atoms with E-state index in [1.165, 1.54) is 25.7 Å². The Morgan fingerprint density at radius 2 is 1.90 bits per heavy atom. The minimum absolute atomic E-state index is 0.340. The number of rotatable bonds is 3. The lowest BCUT2D eigenvalue weighted by Gasteiger charge is -2.40. The average Bonchev–Trinajstić information content (AvgIpc) is 2.38. The molecule has 116 valence electrons. The summed E-state index contributed by atoms with van der Waals surface area (Å²) in [5.74, 6) is 0.736. The third-order valence-electron chi connectivity index (χ3n) is 5.09. The molecule has 2 fully saturated rings. The lowest BCUT2D eigenvalue weighted by molar-refractivity contribution is -0.150. The maximum Gasteiger partial charge on any atom is 0.323 e. The number of carboxylic acids is 1. The number of ether oxygens (including phenoxy) is 1. The van der Waals surface area contributed by atoms with Crippen molar-refractivity contribution < 1.29 is 14.6 Å². The quantitative estimate of drug-likeness (QED) is 0.865. The molecule has 20 heavy (non-hydrogen) atoms. The van der Waals surface area contributed by atoms with E-state index in [0.717, 1.165) is 19.0 Å². The van der Waals surface area contributed by atoms with Crippen molar-refractivity contribution in [2.24, 2.45) is 17.3 Å². The van der Waals surface area contributed by atoms with Gasteiger partial charge in [0, 0.05) is 13.1 Å². The predicted molar refractivity (Wildman–Crippen MR) is 78.7 cm³/mol. The number of hydrogen-bond acceptors (Lipinski definition) is 3. The molecular formula is C16H29NO3. The molecule has 0 aromatic heterocycles. The lowest BCUT2D eigenvalue weighted by atomic mass is 9.70. The highest BCUT2D eigenvalue weighted by Gasteiger charge is 2.34. The molecule has 4 nitrogen and oxygen atoms in total. The van der Waals surface area contributed by atoms with E-state index in [4.69, 9.17) is 4.74 Å². The van der Waals surface area contributed by atoms with Gasteiger partial charge >= 0.3 is 5.97 Å². The maximum atomic E-state index is 11.3. The predicted octanol–water partition coefficient (Wildman–Crippen LogP) is 2.62. The van der Waals surface area contributed by atoms with E-state index < -0.39 is 12.0 Å². The first kappa shape index (κ1) is 15.8. The molecule has 1 N–H and O–H groups in total. The fourth-order valence-corrected chi connectivity index (χ4v) is 3.63. The van der Waals surface area contributed by atoms with Gasteiger partial charge in [-0.25, -0.2) is 0 Å². The number of carboxylic acid groups (broad SMARTS) is 1. The van der Waals surface area contributed by atoms with Gasteiger partial charge in [-0.2, -0.15) is 0 Å². The Labute approximate surface area is 122 Å². The molecule has 2 rings (SSSR count). The van der Waals surface area contributed by atoms with Gasteiger partial charge in [-0.3, -0.25) is 9.69 Å². The van der Waals surface area contributed by atoms with Gasteiger partial charge in [0.1, 0.15) is 6.04 Å². The molecule has 0 bridgehead atoms. The topological polar surface area (TPSA) is 49.8 Å². The van der Waals surface area contributed by atoms with Crippen molar-refractivity contribution in [2.75, 3.05) is 26.3 Å². The van der Waals surface area contributed by atoms with Crippen LogP contribution in [0.3, 0.4) is 0 Å². The number of aliphatic carboxylic acids is 1. The normalized spacial score (nSPS) is 33.0.